The molecule has 0 aliphatic rings. The van der Waals surface area contributed by atoms with Crippen molar-refractivity contribution in [2.45, 2.75) is 10.6 Å². The van der Waals surface area contributed by atoms with Gasteiger partial charge in [-0.25, -0.2) is 0 Å². The van der Waals surface area contributed by atoms with Crippen LogP contribution in [0.25, 0.3) is 0 Å². The van der Waals surface area contributed by atoms with E-state index in [9.17, 15) is 0 Å². The Morgan fingerprint density at radius 2 is 1.53 bits per heavy atom. The molecule has 0 aromatic heterocycles. The predicted octanol–water partition coefficient (Wildman–Crippen LogP) is 4.16. The molecule has 0 spiro atoms. The summed E-state index contributed by atoms with van der Waals surface area (Å²) < 4.78 is 0. The summed E-state index contributed by atoms with van der Waals surface area (Å²) in [5.74, 6) is 1.03. The normalized spacial score (nSPS) is 10.2. The first-order valence-corrected chi connectivity index (χ1v) is 5.92. The molecule has 0 amide bonds. The van der Waals surface area contributed by atoms with Crippen molar-refractivity contribution in [3.63, 3.8) is 0 Å². The molecule has 2 aromatic carbocycles. The predicted molar refractivity (Wildman–Crippen MR) is 66.9 cm³/mol. The molecule has 0 saturated carbocycles. The fraction of sp³-hybridized carbons (Fsp3) is 0.0714. The number of rotatable bonds is 3. The lowest BCUT2D eigenvalue weighted by atomic mass is 10.2. The zero-order valence-electron chi connectivity index (χ0n) is 8.52. The average molecular weight is 213 g/mol. The number of hydrogen-bond donors (Lipinski definition) is 0. The zero-order chi connectivity index (χ0) is 10.5. The van der Waals surface area contributed by atoms with Crippen molar-refractivity contribution in [3.05, 3.63) is 72.6 Å². The molecule has 0 heterocycles. The van der Waals surface area contributed by atoms with Gasteiger partial charge in [-0.2, -0.15) is 0 Å². The van der Waals surface area contributed by atoms with Crippen LogP contribution < -0.4 is 0 Å². The van der Waals surface area contributed by atoms with Crippen LogP contribution in [-0.2, 0) is 5.75 Å². The minimum absolute atomic E-state index is 1.03. The first kappa shape index (κ1) is 10.3. The molecule has 0 aliphatic heterocycles. The standard InChI is InChI=1S/C14H13S/c1-12-7-9-14(10-8-12)15-11-13-5-3-2-4-6-13/h2-10H,1,11H2. The van der Waals surface area contributed by atoms with Crippen LogP contribution in [-0.4, -0.2) is 0 Å². The van der Waals surface area contributed by atoms with Gasteiger partial charge in [0.15, 0.2) is 0 Å². The molecule has 0 unspecified atom stereocenters. The second-order valence-electron chi connectivity index (χ2n) is 3.42. The van der Waals surface area contributed by atoms with Crippen LogP contribution in [0.15, 0.2) is 59.5 Å². The van der Waals surface area contributed by atoms with Crippen molar-refractivity contribution in [1.29, 1.82) is 0 Å². The molecule has 0 fully saturated rings. The molecule has 2 rings (SSSR count). The van der Waals surface area contributed by atoms with E-state index in [1.807, 2.05) is 30.0 Å². The van der Waals surface area contributed by atoms with E-state index in [1.165, 1.54) is 10.5 Å². The molecule has 1 heteroatoms. The largest absolute Gasteiger partial charge is 0.121 e. The van der Waals surface area contributed by atoms with Gasteiger partial charge in [0.1, 0.15) is 0 Å². The van der Waals surface area contributed by atoms with Gasteiger partial charge in [-0.05, 0) is 30.2 Å². The van der Waals surface area contributed by atoms with E-state index < -0.39 is 0 Å². The number of benzene rings is 2. The molecule has 75 valence electrons. The Morgan fingerprint density at radius 1 is 0.867 bits per heavy atom. The van der Waals surface area contributed by atoms with E-state index in [1.54, 1.807) is 0 Å². The zero-order valence-corrected chi connectivity index (χ0v) is 9.34. The van der Waals surface area contributed by atoms with Crippen molar-refractivity contribution in [2.24, 2.45) is 0 Å². The minimum Gasteiger partial charge on any atom is -0.121 e. The van der Waals surface area contributed by atoms with Crippen molar-refractivity contribution in [3.8, 4) is 0 Å². The number of thioether (sulfide) groups is 1. The van der Waals surface area contributed by atoms with Crippen LogP contribution in [0.5, 0.6) is 0 Å². The van der Waals surface area contributed by atoms with Crippen molar-refractivity contribution in [1.82, 2.24) is 0 Å². The minimum atomic E-state index is 1.03. The fourth-order valence-corrected chi connectivity index (χ4v) is 2.18. The topological polar surface area (TPSA) is 0 Å². The van der Waals surface area contributed by atoms with E-state index in [0.29, 0.717) is 0 Å². The average Bonchev–Trinajstić information content (AvgIpc) is 2.30. The molecular weight excluding hydrogens is 200 g/mol. The van der Waals surface area contributed by atoms with Crippen LogP contribution in [0, 0.1) is 6.92 Å². The second kappa shape index (κ2) is 5.04. The van der Waals surface area contributed by atoms with Gasteiger partial charge in [0, 0.05) is 10.6 Å². The highest BCUT2D eigenvalue weighted by atomic mass is 32.2. The smallest absolute Gasteiger partial charge is 0.0231 e. The third-order valence-electron chi connectivity index (χ3n) is 2.17. The van der Waals surface area contributed by atoms with Crippen molar-refractivity contribution < 1.29 is 0 Å². The van der Waals surface area contributed by atoms with E-state index in [-0.39, 0.29) is 0 Å². The molecule has 2 aromatic rings. The molecule has 0 N–H and O–H groups in total. The first-order chi connectivity index (χ1) is 7.34. The lowest BCUT2D eigenvalue weighted by molar-refractivity contribution is 1.37. The van der Waals surface area contributed by atoms with Gasteiger partial charge in [0.2, 0.25) is 0 Å². The Kier molecular flexibility index (Phi) is 3.46. The Balaban J connectivity index is 1.96. The quantitative estimate of drug-likeness (QED) is 0.690. The molecule has 0 nitrogen and oxygen atoms in total. The summed E-state index contributed by atoms with van der Waals surface area (Å²) in [4.78, 5) is 1.30. The molecule has 0 aliphatic carbocycles. The molecule has 0 bridgehead atoms. The maximum absolute atomic E-state index is 3.87. The summed E-state index contributed by atoms with van der Waals surface area (Å²) in [6.45, 7) is 3.87. The maximum Gasteiger partial charge on any atom is 0.0231 e. The van der Waals surface area contributed by atoms with Crippen molar-refractivity contribution >= 4 is 11.8 Å². The number of hydrogen-bond acceptors (Lipinski definition) is 1. The van der Waals surface area contributed by atoms with Crippen LogP contribution in [0.1, 0.15) is 11.1 Å². The lowest BCUT2D eigenvalue weighted by Crippen LogP contribution is -1.79. The van der Waals surface area contributed by atoms with Gasteiger partial charge >= 0.3 is 0 Å². The monoisotopic (exact) mass is 213 g/mol. The highest BCUT2D eigenvalue weighted by molar-refractivity contribution is 7.98. The molecule has 0 saturated heterocycles. The Hall–Kier alpha value is -1.21. The van der Waals surface area contributed by atoms with E-state index >= 15 is 0 Å². The van der Waals surface area contributed by atoms with Gasteiger partial charge in [-0.3, -0.25) is 0 Å². The Bertz CT molecular complexity index is 403. The van der Waals surface area contributed by atoms with Gasteiger partial charge in [-0.15, -0.1) is 11.8 Å². The summed E-state index contributed by atoms with van der Waals surface area (Å²) in [5, 5.41) is 0. The molecule has 15 heavy (non-hydrogen) atoms. The molecule has 0 atom stereocenters. The Labute approximate surface area is 95.3 Å². The van der Waals surface area contributed by atoms with E-state index in [0.717, 1.165) is 11.3 Å². The van der Waals surface area contributed by atoms with Gasteiger partial charge in [0.25, 0.3) is 0 Å². The van der Waals surface area contributed by atoms with E-state index in [2.05, 4.69) is 43.3 Å². The fourth-order valence-electron chi connectivity index (χ4n) is 1.33. The van der Waals surface area contributed by atoms with Crippen molar-refractivity contribution in [2.75, 3.05) is 0 Å². The van der Waals surface area contributed by atoms with Gasteiger partial charge < -0.3 is 0 Å². The second-order valence-corrected chi connectivity index (χ2v) is 4.47. The summed E-state index contributed by atoms with van der Waals surface area (Å²) in [6.07, 6.45) is 0. The summed E-state index contributed by atoms with van der Waals surface area (Å²) in [7, 11) is 0. The Morgan fingerprint density at radius 3 is 2.20 bits per heavy atom. The third kappa shape index (κ3) is 3.14. The third-order valence-corrected chi connectivity index (χ3v) is 3.25. The van der Waals surface area contributed by atoms with E-state index in [4.69, 9.17) is 0 Å². The van der Waals surface area contributed by atoms with Gasteiger partial charge in [0.05, 0.1) is 0 Å². The first-order valence-electron chi connectivity index (χ1n) is 4.93. The summed E-state index contributed by atoms with van der Waals surface area (Å²) in [6, 6.07) is 18.9. The van der Waals surface area contributed by atoms with Crippen LogP contribution >= 0.6 is 11.8 Å². The highest BCUT2D eigenvalue weighted by Gasteiger charge is 1.95. The summed E-state index contributed by atoms with van der Waals surface area (Å²) in [5.41, 5.74) is 2.43. The highest BCUT2D eigenvalue weighted by Crippen LogP contribution is 2.22. The van der Waals surface area contributed by atoms with Crippen LogP contribution in [0.2, 0.25) is 0 Å². The van der Waals surface area contributed by atoms with Gasteiger partial charge in [-0.1, -0.05) is 42.5 Å². The SMILES string of the molecule is [CH2]c1ccc(SCc2ccccc2)cc1. The maximum atomic E-state index is 3.87. The molecular formula is C14H13S. The summed E-state index contributed by atoms with van der Waals surface area (Å²) >= 11 is 1.85. The van der Waals surface area contributed by atoms with Crippen LogP contribution in [0.4, 0.5) is 0 Å². The lowest BCUT2D eigenvalue weighted by Gasteiger charge is -2.02. The van der Waals surface area contributed by atoms with Crippen LogP contribution in [0.3, 0.4) is 0 Å². The molecule has 1 radical (unpaired) electrons.